The van der Waals surface area contributed by atoms with Gasteiger partial charge in [-0.2, -0.15) is 0 Å². The number of ether oxygens (including phenoxy) is 1. The van der Waals surface area contributed by atoms with Crippen molar-refractivity contribution in [1.29, 1.82) is 0 Å². The van der Waals surface area contributed by atoms with Gasteiger partial charge in [-0.1, -0.05) is 12.1 Å². The number of hydrogen-bond acceptors (Lipinski definition) is 5. The molecule has 0 aliphatic rings. The summed E-state index contributed by atoms with van der Waals surface area (Å²) in [5.41, 5.74) is 5.93. The number of carbonyl (C=O) groups is 1. The molecule has 0 saturated carbocycles. The zero-order valence-corrected chi connectivity index (χ0v) is 11.0. The highest BCUT2D eigenvalue weighted by Gasteiger charge is 2.12. The molecule has 5 nitrogen and oxygen atoms in total. The fourth-order valence-electron chi connectivity index (χ4n) is 1.46. The highest BCUT2D eigenvalue weighted by Crippen LogP contribution is 2.32. The van der Waals surface area contributed by atoms with Gasteiger partial charge >= 0.3 is 5.97 Å². The number of carboxylic acids is 1. The molecule has 0 unspecified atom stereocenters. The molecule has 98 valence electrons. The summed E-state index contributed by atoms with van der Waals surface area (Å²) >= 11 is 1.52. The van der Waals surface area contributed by atoms with Crippen LogP contribution in [0.25, 0.3) is 0 Å². The zero-order valence-electron chi connectivity index (χ0n) is 10.2. The van der Waals surface area contributed by atoms with E-state index in [0.29, 0.717) is 11.4 Å². The number of nitrogens with zero attached hydrogens (tertiary/aromatic N) is 1. The molecule has 2 rings (SSSR count). The molecule has 1 aromatic heterocycles. The SMILES string of the molecule is CSc1ccccc1Oc1nc(C(=O)O)ccc1N. The van der Waals surface area contributed by atoms with Crippen LogP contribution in [0.2, 0.25) is 0 Å². The van der Waals surface area contributed by atoms with E-state index >= 15 is 0 Å². The lowest BCUT2D eigenvalue weighted by Gasteiger charge is -2.10. The molecule has 1 aromatic carbocycles. The summed E-state index contributed by atoms with van der Waals surface area (Å²) in [7, 11) is 0. The van der Waals surface area contributed by atoms with Gasteiger partial charge in [0.15, 0.2) is 5.69 Å². The Morgan fingerprint density at radius 2 is 2.05 bits per heavy atom. The molecular formula is C13H12N2O3S. The minimum absolute atomic E-state index is 0.0985. The predicted molar refractivity (Wildman–Crippen MR) is 73.9 cm³/mol. The maximum absolute atomic E-state index is 10.9. The van der Waals surface area contributed by atoms with E-state index in [2.05, 4.69) is 4.98 Å². The summed E-state index contributed by atoms with van der Waals surface area (Å²) in [5.74, 6) is -0.429. The lowest BCUT2D eigenvalue weighted by atomic mass is 10.3. The van der Waals surface area contributed by atoms with Gasteiger partial charge in [0.2, 0.25) is 5.88 Å². The molecule has 0 radical (unpaired) electrons. The number of aromatic nitrogens is 1. The van der Waals surface area contributed by atoms with Crippen LogP contribution in [-0.4, -0.2) is 22.3 Å². The number of nitrogen functional groups attached to an aromatic ring is 1. The standard InChI is InChI=1S/C13H12N2O3S/c1-19-11-5-3-2-4-10(11)18-12-8(14)6-7-9(15-12)13(16)17/h2-7H,14H2,1H3,(H,16,17). The minimum Gasteiger partial charge on any atom is -0.477 e. The highest BCUT2D eigenvalue weighted by atomic mass is 32.2. The number of thioether (sulfide) groups is 1. The van der Waals surface area contributed by atoms with Crippen molar-refractivity contribution < 1.29 is 14.6 Å². The average Bonchev–Trinajstić information content (AvgIpc) is 2.41. The third-order valence-electron chi connectivity index (χ3n) is 2.38. The third-order valence-corrected chi connectivity index (χ3v) is 3.16. The van der Waals surface area contributed by atoms with E-state index in [9.17, 15) is 4.79 Å². The second-order valence-electron chi connectivity index (χ2n) is 3.65. The Labute approximate surface area is 114 Å². The van der Waals surface area contributed by atoms with Gasteiger partial charge in [-0.3, -0.25) is 0 Å². The van der Waals surface area contributed by atoms with Crippen molar-refractivity contribution in [3.8, 4) is 11.6 Å². The van der Waals surface area contributed by atoms with Crippen molar-refractivity contribution in [3.05, 3.63) is 42.1 Å². The molecule has 1 heterocycles. The smallest absolute Gasteiger partial charge is 0.354 e. The van der Waals surface area contributed by atoms with Crippen molar-refractivity contribution in [3.63, 3.8) is 0 Å². The Balaban J connectivity index is 2.37. The number of para-hydroxylation sites is 1. The van der Waals surface area contributed by atoms with E-state index in [4.69, 9.17) is 15.6 Å². The maximum Gasteiger partial charge on any atom is 0.354 e. The molecular weight excluding hydrogens is 264 g/mol. The van der Waals surface area contributed by atoms with Crippen LogP contribution in [0, 0.1) is 0 Å². The average molecular weight is 276 g/mol. The van der Waals surface area contributed by atoms with Crippen LogP contribution in [-0.2, 0) is 0 Å². The van der Waals surface area contributed by atoms with E-state index in [-0.39, 0.29) is 11.6 Å². The molecule has 0 aliphatic carbocycles. The van der Waals surface area contributed by atoms with Gasteiger partial charge in [-0.15, -0.1) is 11.8 Å². The van der Waals surface area contributed by atoms with Crippen LogP contribution in [0.5, 0.6) is 11.6 Å². The Morgan fingerprint density at radius 1 is 1.32 bits per heavy atom. The second kappa shape index (κ2) is 5.62. The molecule has 0 bridgehead atoms. The molecule has 0 amide bonds. The summed E-state index contributed by atoms with van der Waals surface area (Å²) in [6.45, 7) is 0. The molecule has 0 saturated heterocycles. The monoisotopic (exact) mass is 276 g/mol. The van der Waals surface area contributed by atoms with Crippen molar-refractivity contribution in [1.82, 2.24) is 4.98 Å². The summed E-state index contributed by atoms with van der Waals surface area (Å²) in [6, 6.07) is 10.2. The second-order valence-corrected chi connectivity index (χ2v) is 4.50. The predicted octanol–water partition coefficient (Wildman–Crippen LogP) is 2.88. The largest absolute Gasteiger partial charge is 0.477 e. The molecule has 3 N–H and O–H groups in total. The first-order valence-electron chi connectivity index (χ1n) is 5.42. The third kappa shape index (κ3) is 2.97. The molecule has 0 aliphatic heterocycles. The minimum atomic E-state index is -1.12. The van der Waals surface area contributed by atoms with Crippen LogP contribution in [0.4, 0.5) is 5.69 Å². The van der Waals surface area contributed by atoms with Crippen LogP contribution in [0.1, 0.15) is 10.5 Å². The first-order valence-corrected chi connectivity index (χ1v) is 6.65. The van der Waals surface area contributed by atoms with Gasteiger partial charge in [-0.25, -0.2) is 9.78 Å². The Hall–Kier alpha value is -2.21. The fraction of sp³-hybridized carbons (Fsp3) is 0.0769. The number of benzene rings is 1. The van der Waals surface area contributed by atoms with Crippen molar-refractivity contribution >= 4 is 23.4 Å². The number of carboxylic acid groups (broad SMARTS) is 1. The summed E-state index contributed by atoms with van der Waals surface area (Å²) in [5, 5.41) is 8.90. The van der Waals surface area contributed by atoms with Crippen LogP contribution in [0.15, 0.2) is 41.3 Å². The van der Waals surface area contributed by atoms with Gasteiger partial charge in [-0.05, 0) is 30.5 Å². The van der Waals surface area contributed by atoms with Gasteiger partial charge in [0.05, 0.1) is 5.69 Å². The van der Waals surface area contributed by atoms with Crippen molar-refractivity contribution in [2.45, 2.75) is 4.90 Å². The summed E-state index contributed by atoms with van der Waals surface area (Å²) < 4.78 is 5.60. The molecule has 0 atom stereocenters. The normalized spacial score (nSPS) is 10.2. The Bertz CT molecular complexity index is 617. The number of nitrogens with two attached hydrogens (primary N) is 1. The molecule has 2 aromatic rings. The topological polar surface area (TPSA) is 85.4 Å². The molecule has 0 fully saturated rings. The zero-order chi connectivity index (χ0) is 13.8. The number of pyridine rings is 1. The number of anilines is 1. The number of rotatable bonds is 4. The summed E-state index contributed by atoms with van der Waals surface area (Å²) in [6.07, 6.45) is 1.92. The van der Waals surface area contributed by atoms with Gasteiger partial charge in [0.25, 0.3) is 0 Å². The van der Waals surface area contributed by atoms with Crippen molar-refractivity contribution in [2.24, 2.45) is 0 Å². The van der Waals surface area contributed by atoms with E-state index in [1.54, 1.807) is 6.07 Å². The van der Waals surface area contributed by atoms with Gasteiger partial charge in [0, 0.05) is 4.90 Å². The van der Waals surface area contributed by atoms with Crippen LogP contribution >= 0.6 is 11.8 Å². The Morgan fingerprint density at radius 3 is 2.74 bits per heavy atom. The van der Waals surface area contributed by atoms with E-state index < -0.39 is 5.97 Å². The van der Waals surface area contributed by atoms with E-state index in [0.717, 1.165) is 4.90 Å². The van der Waals surface area contributed by atoms with Crippen LogP contribution < -0.4 is 10.5 Å². The van der Waals surface area contributed by atoms with Gasteiger partial charge in [0.1, 0.15) is 5.75 Å². The first kappa shape index (κ1) is 13.2. The number of hydrogen-bond donors (Lipinski definition) is 2. The highest BCUT2D eigenvalue weighted by molar-refractivity contribution is 7.98. The quantitative estimate of drug-likeness (QED) is 0.835. The van der Waals surface area contributed by atoms with Crippen molar-refractivity contribution in [2.75, 3.05) is 12.0 Å². The van der Waals surface area contributed by atoms with Gasteiger partial charge < -0.3 is 15.6 Å². The Kier molecular flexibility index (Phi) is 3.91. The molecule has 0 spiro atoms. The molecule has 6 heteroatoms. The molecule has 19 heavy (non-hydrogen) atoms. The van der Waals surface area contributed by atoms with Crippen LogP contribution in [0.3, 0.4) is 0 Å². The fourth-order valence-corrected chi connectivity index (χ4v) is 1.98. The lowest BCUT2D eigenvalue weighted by Crippen LogP contribution is -2.03. The van der Waals surface area contributed by atoms with E-state index in [1.165, 1.54) is 23.9 Å². The number of aromatic carboxylic acids is 1. The maximum atomic E-state index is 10.9. The lowest BCUT2D eigenvalue weighted by molar-refractivity contribution is 0.0689. The summed E-state index contributed by atoms with van der Waals surface area (Å²) in [4.78, 5) is 15.7. The first-order chi connectivity index (χ1) is 9.11. The van der Waals surface area contributed by atoms with E-state index in [1.807, 2.05) is 24.5 Å².